The summed E-state index contributed by atoms with van der Waals surface area (Å²) in [5.74, 6) is 1.02. The highest BCUT2D eigenvalue weighted by Gasteiger charge is 2.30. The number of phosphoric acid groups is 2. The van der Waals surface area contributed by atoms with E-state index in [1.54, 1.807) is 0 Å². The lowest BCUT2D eigenvalue weighted by molar-refractivity contribution is -0.161. The maximum atomic E-state index is 13.1. The summed E-state index contributed by atoms with van der Waals surface area (Å²) in [6, 6.07) is 0. The number of ether oxygens (including phenoxy) is 4. The fraction of sp³-hybridized carbons (Fsp3) is 0.952. The van der Waals surface area contributed by atoms with Gasteiger partial charge in [0, 0.05) is 25.7 Å². The van der Waals surface area contributed by atoms with Gasteiger partial charge in [-0.3, -0.25) is 37.3 Å². The number of hydrogen-bond acceptors (Lipinski definition) is 15. The Morgan fingerprint density at radius 3 is 0.689 bits per heavy atom. The number of hydrogen-bond donors (Lipinski definition) is 3. The second-order valence-electron chi connectivity index (χ2n) is 31.9. The molecule has 103 heavy (non-hydrogen) atoms. The highest BCUT2D eigenvalue weighted by Crippen LogP contribution is 2.45. The number of carbonyl (C=O) groups is 4. The Kier molecular flexibility index (Phi) is 71.5. The van der Waals surface area contributed by atoms with Crippen LogP contribution < -0.4 is 0 Å². The molecule has 0 rings (SSSR count). The van der Waals surface area contributed by atoms with Crippen molar-refractivity contribution in [1.29, 1.82) is 0 Å². The average molecular weight is 1510 g/mol. The molecular formula is C84H164O17P2. The van der Waals surface area contributed by atoms with Crippen molar-refractivity contribution in [2.75, 3.05) is 39.6 Å². The van der Waals surface area contributed by atoms with Crippen molar-refractivity contribution in [3.8, 4) is 0 Å². The smallest absolute Gasteiger partial charge is 0.462 e. The number of rotatable bonds is 81. The molecule has 0 aromatic carbocycles. The minimum Gasteiger partial charge on any atom is -0.462 e. The van der Waals surface area contributed by atoms with Crippen LogP contribution in [0.15, 0.2) is 0 Å². The maximum Gasteiger partial charge on any atom is 0.472 e. The largest absolute Gasteiger partial charge is 0.472 e. The van der Waals surface area contributed by atoms with Crippen molar-refractivity contribution < 1.29 is 80.2 Å². The molecule has 0 aliphatic carbocycles. The van der Waals surface area contributed by atoms with Crippen LogP contribution in [0, 0.1) is 23.7 Å². The van der Waals surface area contributed by atoms with Crippen LogP contribution in [-0.4, -0.2) is 96.7 Å². The van der Waals surface area contributed by atoms with Gasteiger partial charge in [-0.2, -0.15) is 0 Å². The van der Waals surface area contributed by atoms with Gasteiger partial charge in [0.25, 0.3) is 0 Å². The first kappa shape index (κ1) is 101. The van der Waals surface area contributed by atoms with Crippen LogP contribution in [0.4, 0.5) is 0 Å². The molecule has 0 bridgehead atoms. The second-order valence-corrected chi connectivity index (χ2v) is 34.8. The molecule has 0 aromatic heterocycles. The third kappa shape index (κ3) is 76.6. The number of unbranched alkanes of at least 4 members (excludes halogenated alkanes) is 46. The lowest BCUT2D eigenvalue weighted by Gasteiger charge is -2.21. The molecule has 3 N–H and O–H groups in total. The molecular weight excluding hydrogens is 1340 g/mol. The minimum absolute atomic E-state index is 0.104. The maximum absolute atomic E-state index is 13.1. The molecule has 0 heterocycles. The molecule has 612 valence electrons. The van der Waals surface area contributed by atoms with Gasteiger partial charge in [0.05, 0.1) is 26.4 Å². The summed E-state index contributed by atoms with van der Waals surface area (Å²) < 4.78 is 68.8. The minimum atomic E-state index is -4.97. The quantitative estimate of drug-likeness (QED) is 0.0222. The summed E-state index contributed by atoms with van der Waals surface area (Å²) in [6.45, 7) is 14.3. The first-order valence-corrected chi connectivity index (χ1v) is 46.2. The van der Waals surface area contributed by atoms with Crippen LogP contribution in [0.5, 0.6) is 0 Å². The molecule has 0 amide bonds. The topological polar surface area (TPSA) is 237 Å². The molecule has 0 saturated heterocycles. The Labute approximate surface area is 632 Å². The third-order valence-corrected chi connectivity index (χ3v) is 21.8. The standard InChI is InChI=1S/C84H164O17P2/c1-9-77(8)63-55-47-39-33-35-43-51-59-67-84(89)101-80(71-95-82(87)65-57-49-41-34-32-38-46-54-62-76(6)7)73-99-103(92,93)97-69-78(85)68-96-102(90,91)98-72-79(70-94-81(86)64-56-48-40-30-26-22-18-15-14-17-21-25-29-37-45-53-61-75(4)5)100-83(88)66-58-50-42-31-27-23-19-13-11-10-12-16-20-24-28-36-44-52-60-74(2)3/h74-80,85H,9-73H2,1-8H3,(H,90,91)(H,92,93)/t77?,78?,79-,80-/m1/s1. The van der Waals surface area contributed by atoms with Gasteiger partial charge in [-0.05, 0) is 49.4 Å². The van der Waals surface area contributed by atoms with Crippen molar-refractivity contribution in [2.45, 2.75) is 453 Å². The number of aliphatic hydroxyl groups is 1. The van der Waals surface area contributed by atoms with Crippen LogP contribution in [0.2, 0.25) is 0 Å². The number of esters is 4. The van der Waals surface area contributed by atoms with E-state index in [0.29, 0.717) is 25.7 Å². The van der Waals surface area contributed by atoms with Crippen LogP contribution in [0.1, 0.15) is 434 Å². The number of carbonyl (C=O) groups excluding carboxylic acids is 4. The fourth-order valence-corrected chi connectivity index (χ4v) is 14.5. The zero-order valence-corrected chi connectivity index (χ0v) is 69.7. The number of phosphoric ester groups is 2. The SMILES string of the molecule is CCC(C)CCCCCCCCCCC(=O)O[C@H](COC(=O)CCCCCCCCCCC(C)C)COP(=O)(O)OCC(O)COP(=O)(O)OC[C@@H](COC(=O)CCCCCCCCCCCCCCCCCCC(C)C)OC(=O)CCCCCCCCCCCCCCCCCCCCC(C)C. The third-order valence-electron chi connectivity index (χ3n) is 19.9. The second kappa shape index (κ2) is 72.9. The molecule has 0 fully saturated rings. The molecule has 0 aliphatic rings. The fourth-order valence-electron chi connectivity index (χ4n) is 12.9. The van der Waals surface area contributed by atoms with E-state index in [2.05, 4.69) is 55.4 Å². The molecule has 4 unspecified atom stereocenters. The van der Waals surface area contributed by atoms with Crippen molar-refractivity contribution in [2.24, 2.45) is 23.7 Å². The van der Waals surface area contributed by atoms with Gasteiger partial charge in [0.2, 0.25) is 0 Å². The van der Waals surface area contributed by atoms with Gasteiger partial charge >= 0.3 is 39.5 Å². The van der Waals surface area contributed by atoms with Gasteiger partial charge in [-0.25, -0.2) is 9.13 Å². The van der Waals surface area contributed by atoms with Crippen LogP contribution in [0.3, 0.4) is 0 Å². The highest BCUT2D eigenvalue weighted by atomic mass is 31.2. The van der Waals surface area contributed by atoms with Crippen molar-refractivity contribution in [3.63, 3.8) is 0 Å². The predicted octanol–water partition coefficient (Wildman–Crippen LogP) is 25.2. The Hall–Kier alpha value is -1.94. The molecule has 0 radical (unpaired) electrons. The molecule has 0 spiro atoms. The van der Waals surface area contributed by atoms with Crippen LogP contribution in [0.25, 0.3) is 0 Å². The summed E-state index contributed by atoms with van der Waals surface area (Å²) >= 11 is 0. The van der Waals surface area contributed by atoms with Crippen molar-refractivity contribution in [1.82, 2.24) is 0 Å². The molecule has 0 aliphatic heterocycles. The zero-order chi connectivity index (χ0) is 76.0. The Morgan fingerprint density at radius 1 is 0.272 bits per heavy atom. The first-order valence-electron chi connectivity index (χ1n) is 43.2. The molecule has 19 heteroatoms. The Bertz CT molecular complexity index is 2010. The summed E-state index contributed by atoms with van der Waals surface area (Å²) in [5, 5.41) is 10.7. The lowest BCUT2D eigenvalue weighted by Crippen LogP contribution is -2.30. The summed E-state index contributed by atoms with van der Waals surface area (Å²) in [5.41, 5.74) is 0. The van der Waals surface area contributed by atoms with E-state index in [9.17, 15) is 43.2 Å². The molecule has 6 atom stereocenters. The van der Waals surface area contributed by atoms with E-state index in [1.807, 2.05) is 0 Å². The molecule has 17 nitrogen and oxygen atoms in total. The molecule has 0 saturated carbocycles. The predicted molar refractivity (Wildman–Crippen MR) is 423 cm³/mol. The van der Waals surface area contributed by atoms with E-state index in [1.165, 1.54) is 238 Å². The number of aliphatic hydroxyl groups excluding tert-OH is 1. The summed E-state index contributed by atoms with van der Waals surface area (Å²) in [6.07, 6.45) is 61.2. The highest BCUT2D eigenvalue weighted by molar-refractivity contribution is 7.47. The lowest BCUT2D eigenvalue weighted by atomic mass is 9.99. The van der Waals surface area contributed by atoms with Gasteiger partial charge < -0.3 is 33.8 Å². The zero-order valence-electron chi connectivity index (χ0n) is 68.0. The van der Waals surface area contributed by atoms with E-state index >= 15 is 0 Å². The van der Waals surface area contributed by atoms with Crippen LogP contribution in [-0.2, 0) is 65.4 Å². The van der Waals surface area contributed by atoms with E-state index in [0.717, 1.165) is 114 Å². The normalized spacial score (nSPS) is 14.2. The van der Waals surface area contributed by atoms with Gasteiger partial charge in [0.1, 0.15) is 19.3 Å². The summed E-state index contributed by atoms with van der Waals surface area (Å²) in [7, 11) is -9.93. The Balaban J connectivity index is 5.23. The van der Waals surface area contributed by atoms with Crippen molar-refractivity contribution >= 4 is 39.5 Å². The van der Waals surface area contributed by atoms with Gasteiger partial charge in [-0.1, -0.05) is 383 Å². The summed E-state index contributed by atoms with van der Waals surface area (Å²) in [4.78, 5) is 73.1. The van der Waals surface area contributed by atoms with Crippen molar-refractivity contribution in [3.05, 3.63) is 0 Å². The van der Waals surface area contributed by atoms with Crippen LogP contribution >= 0.6 is 15.6 Å². The van der Waals surface area contributed by atoms with E-state index in [4.69, 9.17) is 37.0 Å². The van der Waals surface area contributed by atoms with Gasteiger partial charge in [0.15, 0.2) is 12.2 Å². The molecule has 0 aromatic rings. The van der Waals surface area contributed by atoms with E-state index < -0.39 is 97.5 Å². The average Bonchev–Trinajstić information content (AvgIpc) is 0.938. The first-order chi connectivity index (χ1) is 49.6. The monoisotopic (exact) mass is 1510 g/mol. The Morgan fingerprint density at radius 2 is 0.466 bits per heavy atom. The van der Waals surface area contributed by atoms with Gasteiger partial charge in [-0.15, -0.1) is 0 Å². The van der Waals surface area contributed by atoms with E-state index in [-0.39, 0.29) is 25.7 Å².